The molecule has 0 radical (unpaired) electrons. The summed E-state index contributed by atoms with van der Waals surface area (Å²) in [5.74, 6) is -0.545. The molecule has 0 aliphatic rings. The summed E-state index contributed by atoms with van der Waals surface area (Å²) in [6.07, 6.45) is -4.84. The second-order valence-electron chi connectivity index (χ2n) is 3.94. The zero-order valence-corrected chi connectivity index (χ0v) is 10.2. The number of phenols is 1. The standard InChI is InChI=1S/C12H9F3N2O3/c1-6-16-9(5-11(19)17-6)8-4-7(2-3-10(8)18)20-12(13,14)15/h2-5,18H,1H3,(H,16,17,19). The van der Waals surface area contributed by atoms with E-state index in [9.17, 15) is 23.1 Å². The minimum atomic E-state index is -4.84. The van der Waals surface area contributed by atoms with Gasteiger partial charge in [0.15, 0.2) is 0 Å². The van der Waals surface area contributed by atoms with Gasteiger partial charge in [-0.2, -0.15) is 0 Å². The molecule has 0 unspecified atom stereocenters. The van der Waals surface area contributed by atoms with Gasteiger partial charge in [0, 0.05) is 11.6 Å². The summed E-state index contributed by atoms with van der Waals surface area (Å²) in [7, 11) is 0. The van der Waals surface area contributed by atoms with Crippen molar-refractivity contribution in [2.24, 2.45) is 0 Å². The number of nitrogens with one attached hydrogen (secondary N) is 1. The summed E-state index contributed by atoms with van der Waals surface area (Å²) in [4.78, 5) is 17.7. The summed E-state index contributed by atoms with van der Waals surface area (Å²) in [5, 5.41) is 9.68. The van der Waals surface area contributed by atoms with Crippen molar-refractivity contribution in [3.63, 3.8) is 0 Å². The quantitative estimate of drug-likeness (QED) is 0.888. The van der Waals surface area contributed by atoms with Crippen molar-refractivity contribution >= 4 is 0 Å². The van der Waals surface area contributed by atoms with Gasteiger partial charge in [0.05, 0.1) is 5.69 Å². The summed E-state index contributed by atoms with van der Waals surface area (Å²) in [6.45, 7) is 1.51. The fourth-order valence-electron chi connectivity index (χ4n) is 1.63. The highest BCUT2D eigenvalue weighted by molar-refractivity contribution is 5.68. The SMILES string of the molecule is Cc1nc(-c2cc(OC(F)(F)F)ccc2O)cc(=O)[nH]1. The van der Waals surface area contributed by atoms with Crippen molar-refractivity contribution in [1.29, 1.82) is 0 Å². The molecule has 0 aliphatic carbocycles. The van der Waals surface area contributed by atoms with Crippen molar-refractivity contribution in [1.82, 2.24) is 9.97 Å². The van der Waals surface area contributed by atoms with Gasteiger partial charge >= 0.3 is 6.36 Å². The van der Waals surface area contributed by atoms with E-state index < -0.39 is 17.7 Å². The lowest BCUT2D eigenvalue weighted by Crippen LogP contribution is -2.17. The molecular formula is C12H9F3N2O3. The zero-order valence-electron chi connectivity index (χ0n) is 10.2. The third-order valence-electron chi connectivity index (χ3n) is 2.34. The molecule has 0 atom stereocenters. The second kappa shape index (κ2) is 4.87. The number of H-pyrrole nitrogens is 1. The first-order valence-electron chi connectivity index (χ1n) is 5.42. The lowest BCUT2D eigenvalue weighted by atomic mass is 10.1. The first kappa shape index (κ1) is 13.9. The predicted molar refractivity (Wildman–Crippen MR) is 63.4 cm³/mol. The van der Waals surface area contributed by atoms with Crippen LogP contribution in [0.5, 0.6) is 11.5 Å². The molecule has 1 heterocycles. The minimum absolute atomic E-state index is 0.0269. The van der Waals surface area contributed by atoms with Crippen LogP contribution < -0.4 is 10.3 Å². The smallest absolute Gasteiger partial charge is 0.507 e. The molecule has 1 aromatic carbocycles. The number of hydrogen-bond donors (Lipinski definition) is 2. The Morgan fingerprint density at radius 3 is 2.60 bits per heavy atom. The van der Waals surface area contributed by atoms with E-state index >= 15 is 0 Å². The first-order valence-corrected chi connectivity index (χ1v) is 5.42. The number of aromatic nitrogens is 2. The lowest BCUT2D eigenvalue weighted by Gasteiger charge is -2.11. The summed E-state index contributed by atoms with van der Waals surface area (Å²) >= 11 is 0. The Bertz CT molecular complexity index is 695. The van der Waals surface area contributed by atoms with Crippen LogP contribution in [0.1, 0.15) is 5.82 Å². The fraction of sp³-hybridized carbons (Fsp3) is 0.167. The molecule has 106 valence electrons. The number of aromatic amines is 1. The van der Waals surface area contributed by atoms with Crippen molar-refractivity contribution in [2.45, 2.75) is 13.3 Å². The largest absolute Gasteiger partial charge is 0.573 e. The fourth-order valence-corrected chi connectivity index (χ4v) is 1.63. The Morgan fingerprint density at radius 2 is 2.00 bits per heavy atom. The summed E-state index contributed by atoms with van der Waals surface area (Å²) < 4.78 is 40.2. The highest BCUT2D eigenvalue weighted by Gasteiger charge is 2.31. The van der Waals surface area contributed by atoms with Crippen molar-refractivity contribution in [3.05, 3.63) is 40.4 Å². The maximum atomic E-state index is 12.1. The Balaban J connectivity index is 2.50. The topological polar surface area (TPSA) is 75.2 Å². The molecule has 20 heavy (non-hydrogen) atoms. The molecule has 2 N–H and O–H groups in total. The number of alkyl halides is 3. The minimum Gasteiger partial charge on any atom is -0.507 e. The van der Waals surface area contributed by atoms with Crippen molar-refractivity contribution < 1.29 is 23.0 Å². The summed E-state index contributed by atoms with van der Waals surface area (Å²) in [5.41, 5.74) is -0.452. The van der Waals surface area contributed by atoms with Crippen molar-refractivity contribution in [2.75, 3.05) is 0 Å². The van der Waals surface area contributed by atoms with Gasteiger partial charge in [-0.25, -0.2) is 4.98 Å². The van der Waals surface area contributed by atoms with Crippen LogP contribution in [0.15, 0.2) is 29.1 Å². The van der Waals surface area contributed by atoms with Crippen LogP contribution >= 0.6 is 0 Å². The van der Waals surface area contributed by atoms with Gasteiger partial charge in [0.2, 0.25) is 0 Å². The number of aryl methyl sites for hydroxylation is 1. The second-order valence-corrected chi connectivity index (χ2v) is 3.94. The number of phenolic OH excluding ortho intramolecular Hbond substituents is 1. The molecule has 1 aromatic heterocycles. The maximum Gasteiger partial charge on any atom is 0.573 e. The van der Waals surface area contributed by atoms with E-state index in [2.05, 4.69) is 14.7 Å². The van der Waals surface area contributed by atoms with Gasteiger partial charge in [0.25, 0.3) is 5.56 Å². The molecule has 0 bridgehead atoms. The van der Waals surface area contributed by atoms with E-state index in [-0.39, 0.29) is 22.8 Å². The monoisotopic (exact) mass is 286 g/mol. The number of aromatic hydroxyl groups is 1. The first-order chi connectivity index (χ1) is 9.24. The number of ether oxygens (including phenoxy) is 1. The van der Waals surface area contributed by atoms with E-state index in [4.69, 9.17) is 0 Å². The van der Waals surface area contributed by atoms with Crippen LogP contribution in [0, 0.1) is 6.92 Å². The van der Waals surface area contributed by atoms with Crippen molar-refractivity contribution in [3.8, 4) is 22.8 Å². The van der Waals surface area contributed by atoms with Crippen LogP contribution in [0.3, 0.4) is 0 Å². The number of rotatable bonds is 2. The van der Waals surface area contributed by atoms with E-state index in [1.54, 1.807) is 0 Å². The van der Waals surface area contributed by atoms with Crippen LogP contribution in [0.25, 0.3) is 11.3 Å². The Kier molecular flexibility index (Phi) is 3.39. The molecule has 2 aromatic rings. The third kappa shape index (κ3) is 3.28. The van der Waals surface area contributed by atoms with Crippen LogP contribution in [-0.2, 0) is 0 Å². The maximum absolute atomic E-state index is 12.1. The molecular weight excluding hydrogens is 277 g/mol. The molecule has 0 aliphatic heterocycles. The van der Waals surface area contributed by atoms with E-state index in [0.29, 0.717) is 0 Å². The number of nitrogens with zero attached hydrogens (tertiary/aromatic N) is 1. The van der Waals surface area contributed by atoms with Crippen LogP contribution in [0.2, 0.25) is 0 Å². The predicted octanol–water partition coefficient (Wildman–Crippen LogP) is 2.35. The van der Waals surface area contributed by atoms with Gasteiger partial charge in [-0.1, -0.05) is 0 Å². The van der Waals surface area contributed by atoms with Gasteiger partial charge in [-0.15, -0.1) is 13.2 Å². The highest BCUT2D eigenvalue weighted by atomic mass is 19.4. The Hall–Kier alpha value is -2.51. The molecule has 0 spiro atoms. The molecule has 0 fully saturated rings. The van der Waals surface area contributed by atoms with E-state index in [0.717, 1.165) is 24.3 Å². The van der Waals surface area contributed by atoms with Crippen LogP contribution in [0.4, 0.5) is 13.2 Å². The highest BCUT2D eigenvalue weighted by Crippen LogP contribution is 2.33. The number of benzene rings is 1. The third-order valence-corrected chi connectivity index (χ3v) is 2.34. The number of halogens is 3. The Labute approximate surface area is 110 Å². The van der Waals surface area contributed by atoms with Gasteiger partial charge in [-0.3, -0.25) is 4.79 Å². The van der Waals surface area contributed by atoms with Gasteiger partial charge in [0.1, 0.15) is 17.3 Å². The average molecular weight is 286 g/mol. The average Bonchev–Trinajstić information content (AvgIpc) is 2.28. The molecule has 0 amide bonds. The van der Waals surface area contributed by atoms with Gasteiger partial charge < -0.3 is 14.8 Å². The number of hydrogen-bond acceptors (Lipinski definition) is 4. The van der Waals surface area contributed by atoms with Gasteiger partial charge in [-0.05, 0) is 25.1 Å². The summed E-state index contributed by atoms with van der Waals surface area (Å²) in [6, 6.07) is 4.03. The zero-order chi connectivity index (χ0) is 14.9. The Morgan fingerprint density at radius 1 is 1.30 bits per heavy atom. The van der Waals surface area contributed by atoms with E-state index in [1.165, 1.54) is 6.92 Å². The lowest BCUT2D eigenvalue weighted by molar-refractivity contribution is -0.274. The van der Waals surface area contributed by atoms with E-state index in [1.807, 2.05) is 0 Å². The molecule has 0 saturated heterocycles. The van der Waals surface area contributed by atoms with Crippen LogP contribution in [-0.4, -0.2) is 21.4 Å². The molecule has 8 heteroatoms. The molecule has 5 nitrogen and oxygen atoms in total. The normalized spacial score (nSPS) is 11.4. The molecule has 0 saturated carbocycles. The molecule has 2 rings (SSSR count).